The zero-order valence-corrected chi connectivity index (χ0v) is 9.29. The molecule has 0 fully saturated rings. The minimum Gasteiger partial charge on any atom is -0.371 e. The normalized spacial score (nSPS) is 12.8. The molecule has 4 heteroatoms. The van der Waals surface area contributed by atoms with E-state index in [-0.39, 0.29) is 6.10 Å². The number of aromatic nitrogens is 2. The molecular weight excluding hydrogens is 200 g/mol. The number of ether oxygens (including phenoxy) is 1. The van der Waals surface area contributed by atoms with Crippen LogP contribution in [0.25, 0.3) is 0 Å². The Morgan fingerprint density at radius 1 is 1.36 bits per heavy atom. The molecule has 1 aromatic rings. The molecule has 3 nitrogen and oxygen atoms in total. The molecule has 1 heterocycles. The molecule has 1 unspecified atom stereocenters. The van der Waals surface area contributed by atoms with Gasteiger partial charge in [-0.2, -0.15) is 0 Å². The van der Waals surface area contributed by atoms with Gasteiger partial charge in [0, 0.05) is 24.6 Å². The minimum absolute atomic E-state index is 0.00405. The number of hydrogen-bond donors (Lipinski definition) is 0. The summed E-state index contributed by atoms with van der Waals surface area (Å²) >= 11 is 5.64. The van der Waals surface area contributed by atoms with Crippen molar-refractivity contribution in [2.75, 3.05) is 6.61 Å². The van der Waals surface area contributed by atoms with E-state index in [9.17, 15) is 0 Å². The smallest absolute Gasteiger partial charge is 0.157 e. The summed E-state index contributed by atoms with van der Waals surface area (Å²) in [4.78, 5) is 8.44. The maximum absolute atomic E-state index is 5.64. The second-order valence-electron chi connectivity index (χ2n) is 2.94. The van der Waals surface area contributed by atoms with Crippen molar-refractivity contribution < 1.29 is 4.74 Å². The molecule has 78 valence electrons. The van der Waals surface area contributed by atoms with Crippen LogP contribution in [0, 0.1) is 0 Å². The standard InChI is InChI=1S/C10H15ClN2O/c1-3-9(14-4-2)10-12-6-8(5-11)7-13-10/h6-7,9H,3-5H2,1-2H3. The summed E-state index contributed by atoms with van der Waals surface area (Å²) in [5.41, 5.74) is 0.932. The molecule has 0 radical (unpaired) electrons. The third kappa shape index (κ3) is 2.93. The van der Waals surface area contributed by atoms with Crippen molar-refractivity contribution in [3.05, 3.63) is 23.8 Å². The summed E-state index contributed by atoms with van der Waals surface area (Å²) in [7, 11) is 0. The summed E-state index contributed by atoms with van der Waals surface area (Å²) in [5, 5.41) is 0. The van der Waals surface area contributed by atoms with Crippen molar-refractivity contribution >= 4 is 11.6 Å². The van der Waals surface area contributed by atoms with Crippen molar-refractivity contribution in [2.45, 2.75) is 32.3 Å². The first kappa shape index (κ1) is 11.4. The summed E-state index contributed by atoms with van der Waals surface area (Å²) < 4.78 is 5.49. The molecule has 0 saturated carbocycles. The highest BCUT2D eigenvalue weighted by atomic mass is 35.5. The summed E-state index contributed by atoms with van der Waals surface area (Å²) in [6, 6.07) is 0. The van der Waals surface area contributed by atoms with Gasteiger partial charge < -0.3 is 4.74 Å². The van der Waals surface area contributed by atoms with Crippen LogP contribution in [-0.2, 0) is 10.6 Å². The van der Waals surface area contributed by atoms with Crippen LogP contribution in [-0.4, -0.2) is 16.6 Å². The Morgan fingerprint density at radius 3 is 2.43 bits per heavy atom. The molecule has 0 aromatic carbocycles. The molecule has 1 rings (SSSR count). The minimum atomic E-state index is 0.00405. The molecule has 0 bridgehead atoms. The Balaban J connectivity index is 2.73. The quantitative estimate of drug-likeness (QED) is 0.707. The van der Waals surface area contributed by atoms with Gasteiger partial charge in [-0.15, -0.1) is 11.6 Å². The van der Waals surface area contributed by atoms with Crippen LogP contribution < -0.4 is 0 Å². The molecule has 0 spiro atoms. The van der Waals surface area contributed by atoms with Gasteiger partial charge in [0.05, 0.1) is 5.88 Å². The van der Waals surface area contributed by atoms with Gasteiger partial charge in [0.1, 0.15) is 6.10 Å². The van der Waals surface area contributed by atoms with Crippen molar-refractivity contribution in [2.24, 2.45) is 0 Å². The van der Waals surface area contributed by atoms with E-state index in [0.717, 1.165) is 17.8 Å². The zero-order valence-electron chi connectivity index (χ0n) is 8.53. The molecule has 0 N–H and O–H groups in total. The van der Waals surface area contributed by atoms with Crippen LogP contribution in [0.15, 0.2) is 12.4 Å². The summed E-state index contributed by atoms with van der Waals surface area (Å²) in [6.07, 6.45) is 4.38. The summed E-state index contributed by atoms with van der Waals surface area (Å²) in [6.45, 7) is 4.70. The highest BCUT2D eigenvalue weighted by Gasteiger charge is 2.11. The van der Waals surface area contributed by atoms with Crippen LogP contribution in [0.2, 0.25) is 0 Å². The lowest BCUT2D eigenvalue weighted by molar-refractivity contribution is 0.0534. The fourth-order valence-electron chi connectivity index (χ4n) is 1.18. The van der Waals surface area contributed by atoms with E-state index in [2.05, 4.69) is 16.9 Å². The second kappa shape index (κ2) is 5.94. The largest absolute Gasteiger partial charge is 0.371 e. The van der Waals surface area contributed by atoms with Gasteiger partial charge in [-0.25, -0.2) is 9.97 Å². The SMILES string of the molecule is CCOC(CC)c1ncc(CCl)cn1. The Labute approximate surface area is 89.5 Å². The molecule has 1 aromatic heterocycles. The first-order valence-electron chi connectivity index (χ1n) is 4.80. The zero-order chi connectivity index (χ0) is 10.4. The predicted octanol–water partition coefficient (Wildman–Crippen LogP) is 2.70. The molecule has 14 heavy (non-hydrogen) atoms. The van der Waals surface area contributed by atoms with E-state index in [1.54, 1.807) is 12.4 Å². The molecule has 0 aliphatic rings. The maximum atomic E-state index is 5.64. The van der Waals surface area contributed by atoms with Gasteiger partial charge in [0.2, 0.25) is 0 Å². The van der Waals surface area contributed by atoms with E-state index in [4.69, 9.17) is 16.3 Å². The molecule has 0 aliphatic carbocycles. The number of halogens is 1. The monoisotopic (exact) mass is 214 g/mol. The molecule has 0 saturated heterocycles. The van der Waals surface area contributed by atoms with Crippen LogP contribution in [0.3, 0.4) is 0 Å². The third-order valence-electron chi connectivity index (χ3n) is 1.91. The average Bonchev–Trinajstić information content (AvgIpc) is 2.26. The van der Waals surface area contributed by atoms with Gasteiger partial charge >= 0.3 is 0 Å². The van der Waals surface area contributed by atoms with E-state index in [1.807, 2.05) is 6.92 Å². The maximum Gasteiger partial charge on any atom is 0.157 e. The topological polar surface area (TPSA) is 35.0 Å². The van der Waals surface area contributed by atoms with Crippen LogP contribution >= 0.6 is 11.6 Å². The molecule has 0 aliphatic heterocycles. The molecule has 0 amide bonds. The average molecular weight is 215 g/mol. The lowest BCUT2D eigenvalue weighted by Gasteiger charge is -2.12. The van der Waals surface area contributed by atoms with Crippen molar-refractivity contribution in [1.82, 2.24) is 9.97 Å². The Bertz CT molecular complexity index is 263. The highest BCUT2D eigenvalue weighted by molar-refractivity contribution is 6.17. The number of nitrogens with zero attached hydrogens (tertiary/aromatic N) is 2. The van der Waals surface area contributed by atoms with Crippen molar-refractivity contribution in [3.8, 4) is 0 Å². The number of alkyl halides is 1. The van der Waals surface area contributed by atoms with Crippen LogP contribution in [0.4, 0.5) is 0 Å². The van der Waals surface area contributed by atoms with Crippen LogP contribution in [0.5, 0.6) is 0 Å². The number of hydrogen-bond acceptors (Lipinski definition) is 3. The van der Waals surface area contributed by atoms with Gasteiger partial charge in [0.25, 0.3) is 0 Å². The van der Waals surface area contributed by atoms with E-state index in [1.165, 1.54) is 0 Å². The van der Waals surface area contributed by atoms with Gasteiger partial charge in [-0.05, 0) is 13.3 Å². The fourth-order valence-corrected chi connectivity index (χ4v) is 1.31. The van der Waals surface area contributed by atoms with E-state index < -0.39 is 0 Å². The van der Waals surface area contributed by atoms with E-state index >= 15 is 0 Å². The van der Waals surface area contributed by atoms with E-state index in [0.29, 0.717) is 12.5 Å². The van der Waals surface area contributed by atoms with Crippen molar-refractivity contribution in [1.29, 1.82) is 0 Å². The first-order valence-corrected chi connectivity index (χ1v) is 5.33. The van der Waals surface area contributed by atoms with Crippen LogP contribution in [0.1, 0.15) is 37.8 Å². The fraction of sp³-hybridized carbons (Fsp3) is 0.600. The Kier molecular flexibility index (Phi) is 4.84. The van der Waals surface area contributed by atoms with Gasteiger partial charge in [-0.1, -0.05) is 6.92 Å². The predicted molar refractivity (Wildman–Crippen MR) is 56.2 cm³/mol. The van der Waals surface area contributed by atoms with Gasteiger partial charge in [-0.3, -0.25) is 0 Å². The lowest BCUT2D eigenvalue weighted by Crippen LogP contribution is -2.07. The lowest BCUT2D eigenvalue weighted by atomic mass is 10.2. The number of rotatable bonds is 5. The first-order chi connectivity index (χ1) is 6.81. The highest BCUT2D eigenvalue weighted by Crippen LogP contribution is 2.16. The molecule has 1 atom stereocenters. The summed E-state index contributed by atoms with van der Waals surface area (Å²) in [5.74, 6) is 1.19. The van der Waals surface area contributed by atoms with Gasteiger partial charge in [0.15, 0.2) is 5.82 Å². The third-order valence-corrected chi connectivity index (χ3v) is 2.21. The van der Waals surface area contributed by atoms with Crippen molar-refractivity contribution in [3.63, 3.8) is 0 Å². The Morgan fingerprint density at radius 2 is 2.00 bits per heavy atom. The second-order valence-corrected chi connectivity index (χ2v) is 3.20. The Hall–Kier alpha value is -0.670. The molecular formula is C10H15ClN2O.